The SMILES string of the molecule is C=C1C=CC(=O)N1CCOCCOCCOCCOCCC(=O)N1CC[C@H](C(C)(C)C)C1. The van der Waals surface area contributed by atoms with Crippen LogP contribution in [0.4, 0.5) is 0 Å². The van der Waals surface area contributed by atoms with Crippen molar-refractivity contribution in [2.45, 2.75) is 33.6 Å². The lowest BCUT2D eigenvalue weighted by molar-refractivity contribution is -0.131. The summed E-state index contributed by atoms with van der Waals surface area (Å²) in [4.78, 5) is 27.3. The minimum Gasteiger partial charge on any atom is -0.379 e. The number of rotatable bonds is 15. The fourth-order valence-electron chi connectivity index (χ4n) is 3.67. The number of allylic oxidation sites excluding steroid dienone is 1. The zero-order valence-corrected chi connectivity index (χ0v) is 20.0. The number of hydrogen-bond acceptors (Lipinski definition) is 6. The number of amides is 2. The molecule has 0 radical (unpaired) electrons. The Bertz CT molecular complexity index is 625. The standard InChI is InChI=1S/C24H40N2O6/c1-20-5-6-23(28)26(20)10-12-30-14-16-32-18-17-31-15-13-29-11-8-22(27)25-9-7-21(19-25)24(2,3)4/h5-6,21H,1,7-19H2,2-4H3/t21-/m0/s1. The highest BCUT2D eigenvalue weighted by atomic mass is 16.6. The average molecular weight is 453 g/mol. The topological polar surface area (TPSA) is 77.5 Å². The summed E-state index contributed by atoms with van der Waals surface area (Å²) in [6.07, 6.45) is 4.72. The highest BCUT2D eigenvalue weighted by molar-refractivity contribution is 5.92. The van der Waals surface area contributed by atoms with Crippen LogP contribution >= 0.6 is 0 Å². The van der Waals surface area contributed by atoms with Crippen LogP contribution in [0.25, 0.3) is 0 Å². The molecule has 0 aromatic rings. The maximum absolute atomic E-state index is 12.3. The lowest BCUT2D eigenvalue weighted by Crippen LogP contribution is -2.31. The summed E-state index contributed by atoms with van der Waals surface area (Å²) < 4.78 is 21.9. The van der Waals surface area contributed by atoms with Crippen LogP contribution in [0.1, 0.15) is 33.6 Å². The molecule has 1 atom stereocenters. The van der Waals surface area contributed by atoms with E-state index in [4.69, 9.17) is 18.9 Å². The maximum Gasteiger partial charge on any atom is 0.251 e. The molecule has 2 aliphatic heterocycles. The van der Waals surface area contributed by atoms with Crippen molar-refractivity contribution in [2.75, 3.05) is 72.5 Å². The van der Waals surface area contributed by atoms with E-state index in [9.17, 15) is 9.59 Å². The molecule has 0 bridgehead atoms. The van der Waals surface area contributed by atoms with Crippen molar-refractivity contribution < 1.29 is 28.5 Å². The van der Waals surface area contributed by atoms with Crippen molar-refractivity contribution >= 4 is 11.8 Å². The molecule has 8 heteroatoms. The van der Waals surface area contributed by atoms with Crippen LogP contribution in [0.3, 0.4) is 0 Å². The number of hydrogen-bond donors (Lipinski definition) is 0. The molecule has 0 unspecified atom stereocenters. The minimum atomic E-state index is -0.0524. The molecule has 0 spiro atoms. The molecule has 2 aliphatic rings. The van der Waals surface area contributed by atoms with E-state index in [1.165, 1.54) is 6.08 Å². The molecule has 2 amide bonds. The Morgan fingerprint density at radius 1 is 0.969 bits per heavy atom. The Morgan fingerprint density at radius 3 is 2.03 bits per heavy atom. The fourth-order valence-corrected chi connectivity index (χ4v) is 3.67. The Morgan fingerprint density at radius 2 is 1.53 bits per heavy atom. The van der Waals surface area contributed by atoms with E-state index >= 15 is 0 Å². The summed E-state index contributed by atoms with van der Waals surface area (Å²) in [6.45, 7) is 16.5. The predicted molar refractivity (Wildman–Crippen MR) is 122 cm³/mol. The molecular formula is C24H40N2O6. The highest BCUT2D eigenvalue weighted by Gasteiger charge is 2.33. The van der Waals surface area contributed by atoms with Gasteiger partial charge in [-0.15, -0.1) is 0 Å². The smallest absolute Gasteiger partial charge is 0.251 e. The maximum atomic E-state index is 12.3. The van der Waals surface area contributed by atoms with Gasteiger partial charge in [-0.05, 0) is 23.8 Å². The number of likely N-dealkylation sites (tertiary alicyclic amines) is 1. The third-order valence-corrected chi connectivity index (χ3v) is 5.83. The first-order valence-electron chi connectivity index (χ1n) is 11.6. The predicted octanol–water partition coefficient (Wildman–Crippen LogP) is 2.25. The Balaban J connectivity index is 1.32. The number of nitrogens with zero attached hydrogens (tertiary/aromatic N) is 2. The molecule has 32 heavy (non-hydrogen) atoms. The Hall–Kier alpha value is -1.74. The first-order chi connectivity index (χ1) is 15.3. The van der Waals surface area contributed by atoms with Crippen LogP contribution in [0.15, 0.2) is 24.4 Å². The van der Waals surface area contributed by atoms with E-state index < -0.39 is 0 Å². The fraction of sp³-hybridized carbons (Fsp3) is 0.750. The molecule has 0 aliphatic carbocycles. The van der Waals surface area contributed by atoms with Gasteiger partial charge in [-0.25, -0.2) is 0 Å². The van der Waals surface area contributed by atoms with E-state index in [1.807, 2.05) is 4.90 Å². The molecule has 0 saturated carbocycles. The monoisotopic (exact) mass is 452 g/mol. The van der Waals surface area contributed by atoms with Gasteiger partial charge in [-0.2, -0.15) is 0 Å². The van der Waals surface area contributed by atoms with Crippen molar-refractivity contribution in [3.8, 4) is 0 Å². The molecule has 182 valence electrons. The highest BCUT2D eigenvalue weighted by Crippen LogP contribution is 2.33. The van der Waals surface area contributed by atoms with Crippen molar-refractivity contribution in [2.24, 2.45) is 11.3 Å². The summed E-state index contributed by atoms with van der Waals surface area (Å²) in [5.41, 5.74) is 0.950. The second kappa shape index (κ2) is 13.7. The average Bonchev–Trinajstić information content (AvgIpc) is 3.36. The van der Waals surface area contributed by atoms with Crippen LogP contribution < -0.4 is 0 Å². The van der Waals surface area contributed by atoms with Crippen LogP contribution in [-0.4, -0.2) is 94.1 Å². The van der Waals surface area contributed by atoms with Crippen molar-refractivity contribution in [3.05, 3.63) is 24.4 Å². The van der Waals surface area contributed by atoms with Crippen LogP contribution in [0.2, 0.25) is 0 Å². The van der Waals surface area contributed by atoms with E-state index in [0.29, 0.717) is 77.4 Å². The van der Waals surface area contributed by atoms with E-state index in [2.05, 4.69) is 27.4 Å². The van der Waals surface area contributed by atoms with E-state index in [0.717, 1.165) is 19.5 Å². The summed E-state index contributed by atoms with van der Waals surface area (Å²) in [7, 11) is 0. The minimum absolute atomic E-state index is 0.0524. The molecule has 0 aromatic carbocycles. The van der Waals surface area contributed by atoms with Gasteiger partial charge in [-0.3, -0.25) is 9.59 Å². The van der Waals surface area contributed by atoms with Crippen LogP contribution in [0, 0.1) is 11.3 Å². The Kier molecular flexibility index (Phi) is 11.4. The summed E-state index contributed by atoms with van der Waals surface area (Å²) in [5.74, 6) is 0.707. The quantitative estimate of drug-likeness (QED) is 0.355. The third-order valence-electron chi connectivity index (χ3n) is 5.83. The zero-order valence-electron chi connectivity index (χ0n) is 20.0. The van der Waals surface area contributed by atoms with Gasteiger partial charge in [0.1, 0.15) is 0 Å². The largest absolute Gasteiger partial charge is 0.379 e. The molecular weight excluding hydrogens is 412 g/mol. The molecule has 1 fully saturated rings. The number of carbonyl (C=O) groups excluding carboxylic acids is 2. The van der Waals surface area contributed by atoms with Gasteiger partial charge >= 0.3 is 0 Å². The number of carbonyl (C=O) groups is 2. The zero-order chi connectivity index (χ0) is 23.4. The van der Waals surface area contributed by atoms with Gasteiger partial charge in [0.2, 0.25) is 5.91 Å². The molecule has 0 N–H and O–H groups in total. The van der Waals surface area contributed by atoms with Crippen molar-refractivity contribution in [1.82, 2.24) is 9.80 Å². The number of ether oxygens (including phenoxy) is 4. The van der Waals surface area contributed by atoms with Gasteiger partial charge in [0.05, 0.1) is 59.3 Å². The third kappa shape index (κ3) is 9.40. The van der Waals surface area contributed by atoms with Gasteiger partial charge in [0, 0.05) is 31.4 Å². The van der Waals surface area contributed by atoms with E-state index in [-0.39, 0.29) is 17.2 Å². The van der Waals surface area contributed by atoms with Gasteiger partial charge < -0.3 is 28.7 Å². The second-order valence-electron chi connectivity index (χ2n) is 9.21. The Labute approximate surface area is 192 Å². The second-order valence-corrected chi connectivity index (χ2v) is 9.21. The van der Waals surface area contributed by atoms with Gasteiger partial charge in [-0.1, -0.05) is 27.4 Å². The molecule has 8 nitrogen and oxygen atoms in total. The molecule has 2 heterocycles. The van der Waals surface area contributed by atoms with Crippen molar-refractivity contribution in [3.63, 3.8) is 0 Å². The first-order valence-corrected chi connectivity index (χ1v) is 11.6. The molecule has 1 saturated heterocycles. The van der Waals surface area contributed by atoms with Gasteiger partial charge in [0.25, 0.3) is 5.91 Å². The van der Waals surface area contributed by atoms with Crippen molar-refractivity contribution in [1.29, 1.82) is 0 Å². The van der Waals surface area contributed by atoms with Crippen LogP contribution in [0.5, 0.6) is 0 Å². The van der Waals surface area contributed by atoms with Gasteiger partial charge in [0.15, 0.2) is 0 Å². The lowest BCUT2D eigenvalue weighted by Gasteiger charge is -2.27. The lowest BCUT2D eigenvalue weighted by atomic mass is 9.80. The summed E-state index contributed by atoms with van der Waals surface area (Å²) in [5, 5.41) is 0. The summed E-state index contributed by atoms with van der Waals surface area (Å²) in [6, 6.07) is 0. The first kappa shape index (κ1) is 26.5. The molecule has 0 aromatic heterocycles. The molecule has 2 rings (SSSR count). The van der Waals surface area contributed by atoms with Crippen LogP contribution in [-0.2, 0) is 28.5 Å². The summed E-state index contributed by atoms with van der Waals surface area (Å²) >= 11 is 0. The normalized spacial score (nSPS) is 18.9. The van der Waals surface area contributed by atoms with E-state index in [1.54, 1.807) is 11.0 Å².